The van der Waals surface area contributed by atoms with E-state index in [9.17, 15) is 4.21 Å². The van der Waals surface area contributed by atoms with Crippen LogP contribution in [0.3, 0.4) is 0 Å². The van der Waals surface area contributed by atoms with Crippen LogP contribution in [0, 0.1) is 0 Å². The highest BCUT2D eigenvalue weighted by molar-refractivity contribution is 7.82. The monoisotopic (exact) mass is 197 g/mol. The summed E-state index contributed by atoms with van der Waals surface area (Å²) < 4.78 is 18.2. The second-order valence-electron chi connectivity index (χ2n) is 3.01. The zero-order valence-corrected chi connectivity index (χ0v) is 8.16. The third-order valence-electron chi connectivity index (χ3n) is 1.98. The second-order valence-corrected chi connectivity index (χ2v) is 4.08. The first-order chi connectivity index (χ1) is 6.29. The van der Waals surface area contributed by atoms with E-state index in [1.54, 1.807) is 4.31 Å². The Labute approximate surface area is 80.1 Å². The van der Waals surface area contributed by atoms with Gasteiger partial charge in [-0.2, -0.15) is 0 Å². The van der Waals surface area contributed by atoms with Gasteiger partial charge in [-0.15, -0.1) is 0 Å². The molecule has 4 heteroatoms. The quantitative estimate of drug-likeness (QED) is 0.682. The zero-order chi connectivity index (χ0) is 9.26. The third-order valence-corrected chi connectivity index (χ3v) is 3.21. The summed E-state index contributed by atoms with van der Waals surface area (Å²) in [7, 11) is 0. The first-order valence-electron chi connectivity index (χ1n) is 4.18. The topological polar surface area (TPSA) is 29.5 Å². The fourth-order valence-electron chi connectivity index (χ4n) is 1.34. The Kier molecular flexibility index (Phi) is 2.33. The molecule has 3 nitrogen and oxygen atoms in total. The Morgan fingerprint density at radius 3 is 2.69 bits per heavy atom. The molecule has 0 bridgehead atoms. The lowest BCUT2D eigenvalue weighted by atomic mass is 10.3. The van der Waals surface area contributed by atoms with Crippen molar-refractivity contribution in [3.63, 3.8) is 0 Å². The molecule has 1 aliphatic rings. The van der Waals surface area contributed by atoms with Gasteiger partial charge < -0.3 is 0 Å². The molecule has 0 saturated carbocycles. The van der Waals surface area contributed by atoms with E-state index in [1.807, 2.05) is 37.3 Å². The molecule has 0 aromatic heterocycles. The highest BCUT2D eigenvalue weighted by Crippen LogP contribution is 2.23. The molecule has 1 saturated heterocycles. The van der Waals surface area contributed by atoms with Crippen LogP contribution in [0.1, 0.15) is 6.92 Å². The lowest BCUT2D eigenvalue weighted by molar-refractivity contribution is 0.366. The van der Waals surface area contributed by atoms with Gasteiger partial charge in [0, 0.05) is 0 Å². The molecule has 2 atom stereocenters. The van der Waals surface area contributed by atoms with Gasteiger partial charge in [-0.1, -0.05) is 18.2 Å². The predicted molar refractivity (Wildman–Crippen MR) is 52.5 cm³/mol. The summed E-state index contributed by atoms with van der Waals surface area (Å²) in [5.41, 5.74) is 0.950. The van der Waals surface area contributed by atoms with Gasteiger partial charge in [-0.05, 0) is 19.1 Å². The fraction of sp³-hybridized carbons (Fsp3) is 0.333. The van der Waals surface area contributed by atoms with Crippen LogP contribution >= 0.6 is 0 Å². The van der Waals surface area contributed by atoms with Gasteiger partial charge in [-0.25, -0.2) is 4.21 Å². The van der Waals surface area contributed by atoms with Crippen LogP contribution in [0.25, 0.3) is 0 Å². The molecular formula is C9H11NO2S. The molecule has 0 spiro atoms. The van der Waals surface area contributed by atoms with Gasteiger partial charge in [0.05, 0.1) is 18.3 Å². The molecule has 70 valence electrons. The van der Waals surface area contributed by atoms with Crippen molar-refractivity contribution in [2.24, 2.45) is 0 Å². The summed E-state index contributed by atoms with van der Waals surface area (Å²) in [5.74, 6) is 0. The summed E-state index contributed by atoms with van der Waals surface area (Å²) in [6, 6.07) is 9.85. The lowest BCUT2D eigenvalue weighted by Gasteiger charge is -2.18. The van der Waals surface area contributed by atoms with Crippen molar-refractivity contribution in [2.45, 2.75) is 13.0 Å². The van der Waals surface area contributed by atoms with Crippen molar-refractivity contribution >= 4 is 17.0 Å². The average molecular weight is 197 g/mol. The van der Waals surface area contributed by atoms with Crippen LogP contribution in [-0.4, -0.2) is 16.9 Å². The summed E-state index contributed by atoms with van der Waals surface area (Å²) >= 11 is -1.31. The largest absolute Gasteiger partial charge is 0.272 e. The van der Waals surface area contributed by atoms with E-state index >= 15 is 0 Å². The molecule has 13 heavy (non-hydrogen) atoms. The molecule has 1 aromatic carbocycles. The smallest absolute Gasteiger partial charge is 0.264 e. The Bertz CT molecular complexity index is 315. The number of hydrogen-bond acceptors (Lipinski definition) is 2. The fourth-order valence-corrected chi connectivity index (χ4v) is 2.42. The molecule has 1 aromatic rings. The van der Waals surface area contributed by atoms with E-state index in [4.69, 9.17) is 4.18 Å². The molecule has 2 rings (SSSR count). The van der Waals surface area contributed by atoms with Crippen molar-refractivity contribution in [2.75, 3.05) is 10.9 Å². The molecule has 0 N–H and O–H groups in total. The van der Waals surface area contributed by atoms with Crippen molar-refractivity contribution in [1.29, 1.82) is 0 Å². The van der Waals surface area contributed by atoms with Crippen molar-refractivity contribution < 1.29 is 8.39 Å². The molecule has 1 fully saturated rings. The maximum Gasteiger partial charge on any atom is 0.264 e. The first kappa shape index (κ1) is 8.72. The number of anilines is 1. The van der Waals surface area contributed by atoms with Crippen molar-refractivity contribution in [1.82, 2.24) is 0 Å². The van der Waals surface area contributed by atoms with Crippen molar-refractivity contribution in [3.8, 4) is 0 Å². The Morgan fingerprint density at radius 1 is 1.46 bits per heavy atom. The van der Waals surface area contributed by atoms with Gasteiger partial charge in [0.25, 0.3) is 11.3 Å². The molecule has 0 radical (unpaired) electrons. The molecule has 1 heterocycles. The summed E-state index contributed by atoms with van der Waals surface area (Å²) in [6.45, 7) is 2.53. The average Bonchev–Trinajstić information content (AvgIpc) is 2.48. The maximum absolute atomic E-state index is 11.4. The summed E-state index contributed by atoms with van der Waals surface area (Å²) in [5, 5.41) is 0. The van der Waals surface area contributed by atoms with E-state index < -0.39 is 11.3 Å². The number of para-hydroxylation sites is 1. The molecule has 0 aliphatic carbocycles. The van der Waals surface area contributed by atoms with Crippen LogP contribution in [0.15, 0.2) is 30.3 Å². The number of rotatable bonds is 1. The Hall–Kier alpha value is -0.870. The minimum atomic E-state index is -1.31. The molecule has 0 unspecified atom stereocenters. The van der Waals surface area contributed by atoms with Crippen LogP contribution in [0.2, 0.25) is 0 Å². The van der Waals surface area contributed by atoms with Crippen molar-refractivity contribution in [3.05, 3.63) is 30.3 Å². The second kappa shape index (κ2) is 3.47. The Balaban J connectivity index is 2.30. The highest BCUT2D eigenvalue weighted by Gasteiger charge is 2.28. The zero-order valence-electron chi connectivity index (χ0n) is 7.34. The SMILES string of the molecule is C[C@H]1CO[S@](=O)N1c1ccccc1. The maximum atomic E-state index is 11.4. The van der Waals surface area contributed by atoms with Gasteiger partial charge in [0.1, 0.15) is 0 Å². The van der Waals surface area contributed by atoms with E-state index in [2.05, 4.69) is 0 Å². The standard InChI is InChI=1S/C9H11NO2S/c1-8-7-12-13(11)10(8)9-5-3-2-4-6-9/h2-6,8H,7H2,1H3/t8-,13-/m0/s1. The summed E-state index contributed by atoms with van der Waals surface area (Å²) in [4.78, 5) is 0. The van der Waals surface area contributed by atoms with E-state index in [0.717, 1.165) is 5.69 Å². The lowest BCUT2D eigenvalue weighted by Crippen LogP contribution is -2.28. The van der Waals surface area contributed by atoms with Gasteiger partial charge in [-0.3, -0.25) is 8.49 Å². The normalized spacial score (nSPS) is 27.9. The minimum absolute atomic E-state index is 0.184. The van der Waals surface area contributed by atoms with Crippen LogP contribution in [0.5, 0.6) is 0 Å². The number of hydrogen-bond donors (Lipinski definition) is 0. The first-order valence-corrected chi connectivity index (χ1v) is 5.21. The van der Waals surface area contributed by atoms with Gasteiger partial charge >= 0.3 is 0 Å². The van der Waals surface area contributed by atoms with E-state index in [-0.39, 0.29) is 6.04 Å². The number of benzene rings is 1. The molecule has 1 aliphatic heterocycles. The third kappa shape index (κ3) is 1.59. The minimum Gasteiger partial charge on any atom is -0.272 e. The van der Waals surface area contributed by atoms with Crippen LogP contribution in [0.4, 0.5) is 5.69 Å². The predicted octanol–water partition coefficient (Wildman–Crippen LogP) is 1.49. The van der Waals surface area contributed by atoms with Gasteiger partial charge in [0.15, 0.2) is 0 Å². The summed E-state index contributed by atoms with van der Waals surface area (Å²) in [6.07, 6.45) is 0. The highest BCUT2D eigenvalue weighted by atomic mass is 32.2. The Morgan fingerprint density at radius 2 is 2.15 bits per heavy atom. The molecular weight excluding hydrogens is 186 g/mol. The van der Waals surface area contributed by atoms with Crippen LogP contribution < -0.4 is 4.31 Å². The van der Waals surface area contributed by atoms with Gasteiger partial charge in [0.2, 0.25) is 0 Å². The number of nitrogens with zero attached hydrogens (tertiary/aromatic N) is 1. The van der Waals surface area contributed by atoms with E-state index in [0.29, 0.717) is 6.61 Å². The molecule has 0 amide bonds. The van der Waals surface area contributed by atoms with Crippen LogP contribution in [-0.2, 0) is 15.4 Å². The van der Waals surface area contributed by atoms with E-state index in [1.165, 1.54) is 0 Å².